The monoisotopic (exact) mass is 380 g/mol. The molecule has 2 aromatic carbocycles. The SMILES string of the molecule is C/C(=C\Cc1ccccc1)C(=O)c1cc2ccccc2oc1=O.CCC.CO. The molecule has 1 heterocycles. The highest BCUT2D eigenvalue weighted by atomic mass is 16.4. The van der Waals surface area contributed by atoms with Gasteiger partial charge in [-0.2, -0.15) is 0 Å². The molecule has 3 aromatic rings. The van der Waals surface area contributed by atoms with Crippen molar-refractivity contribution in [3.05, 3.63) is 93.9 Å². The highest BCUT2D eigenvalue weighted by Crippen LogP contribution is 2.15. The van der Waals surface area contributed by atoms with E-state index >= 15 is 0 Å². The molecule has 0 radical (unpaired) electrons. The lowest BCUT2D eigenvalue weighted by Gasteiger charge is -2.03. The molecule has 4 nitrogen and oxygen atoms in total. The van der Waals surface area contributed by atoms with E-state index in [4.69, 9.17) is 9.52 Å². The second-order valence-corrected chi connectivity index (χ2v) is 6.10. The molecule has 0 saturated heterocycles. The first-order valence-corrected chi connectivity index (χ1v) is 9.29. The van der Waals surface area contributed by atoms with Gasteiger partial charge in [0.2, 0.25) is 0 Å². The van der Waals surface area contributed by atoms with Gasteiger partial charge in [0.25, 0.3) is 0 Å². The van der Waals surface area contributed by atoms with Crippen molar-refractivity contribution in [1.29, 1.82) is 0 Å². The number of rotatable bonds is 4. The van der Waals surface area contributed by atoms with Crippen LogP contribution in [-0.2, 0) is 6.42 Å². The van der Waals surface area contributed by atoms with Crippen LogP contribution in [0.1, 0.15) is 43.1 Å². The molecule has 1 N–H and O–H groups in total. The quantitative estimate of drug-likeness (QED) is 0.384. The average molecular weight is 380 g/mol. The summed E-state index contributed by atoms with van der Waals surface area (Å²) in [5.41, 5.74) is 1.62. The number of benzene rings is 2. The number of para-hydroxylation sites is 1. The number of aliphatic hydroxyl groups excluding tert-OH is 1. The molecular formula is C24H28O4. The molecule has 0 spiro atoms. The minimum absolute atomic E-state index is 0.0745. The van der Waals surface area contributed by atoms with Crippen LogP contribution in [0.15, 0.2) is 81.5 Å². The molecule has 0 aliphatic carbocycles. The van der Waals surface area contributed by atoms with E-state index in [9.17, 15) is 9.59 Å². The Morgan fingerprint density at radius 3 is 2.21 bits per heavy atom. The second kappa shape index (κ2) is 12.4. The summed E-state index contributed by atoms with van der Waals surface area (Å²) >= 11 is 0. The van der Waals surface area contributed by atoms with Gasteiger partial charge in [-0.15, -0.1) is 0 Å². The summed E-state index contributed by atoms with van der Waals surface area (Å²) in [5, 5.41) is 7.74. The Bertz CT molecular complexity index is 953. The Hall–Kier alpha value is -2.98. The maximum atomic E-state index is 12.5. The summed E-state index contributed by atoms with van der Waals surface area (Å²) < 4.78 is 5.22. The Morgan fingerprint density at radius 1 is 1.00 bits per heavy atom. The Labute approximate surface area is 166 Å². The van der Waals surface area contributed by atoms with Crippen LogP contribution in [0, 0.1) is 0 Å². The summed E-state index contributed by atoms with van der Waals surface area (Å²) in [4.78, 5) is 24.5. The van der Waals surface area contributed by atoms with E-state index in [0.717, 1.165) is 18.1 Å². The molecule has 1 aromatic heterocycles. The first-order chi connectivity index (χ1) is 13.6. The minimum Gasteiger partial charge on any atom is -0.422 e. The van der Waals surface area contributed by atoms with Gasteiger partial charge in [0, 0.05) is 12.5 Å². The van der Waals surface area contributed by atoms with Crippen LogP contribution >= 0.6 is 0 Å². The lowest BCUT2D eigenvalue weighted by atomic mass is 10.0. The summed E-state index contributed by atoms with van der Waals surface area (Å²) in [5.74, 6) is -0.291. The molecule has 3 rings (SSSR count). The van der Waals surface area contributed by atoms with Crippen LogP contribution < -0.4 is 5.63 Å². The van der Waals surface area contributed by atoms with E-state index in [1.165, 1.54) is 6.42 Å². The van der Waals surface area contributed by atoms with Gasteiger partial charge in [0.1, 0.15) is 11.1 Å². The third-order valence-electron chi connectivity index (χ3n) is 3.73. The summed E-state index contributed by atoms with van der Waals surface area (Å²) in [7, 11) is 1.00. The zero-order valence-corrected chi connectivity index (χ0v) is 16.9. The molecule has 0 fully saturated rings. The number of carbonyl (C=O) groups is 1. The van der Waals surface area contributed by atoms with Gasteiger partial charge in [0.15, 0.2) is 5.78 Å². The molecule has 0 atom stereocenters. The smallest absolute Gasteiger partial charge is 0.347 e. The van der Waals surface area contributed by atoms with Crippen LogP contribution in [0.5, 0.6) is 0 Å². The molecule has 0 aliphatic heterocycles. The van der Waals surface area contributed by atoms with Crippen molar-refractivity contribution >= 4 is 16.8 Å². The second-order valence-electron chi connectivity index (χ2n) is 6.10. The highest BCUT2D eigenvalue weighted by Gasteiger charge is 2.15. The molecule has 0 bridgehead atoms. The van der Waals surface area contributed by atoms with E-state index in [0.29, 0.717) is 17.6 Å². The molecule has 4 heteroatoms. The van der Waals surface area contributed by atoms with E-state index in [2.05, 4.69) is 13.8 Å². The molecule has 0 unspecified atom stereocenters. The lowest BCUT2D eigenvalue weighted by molar-refractivity contribution is 0.103. The first-order valence-electron chi connectivity index (χ1n) is 9.29. The fourth-order valence-electron chi connectivity index (χ4n) is 2.41. The number of aliphatic hydroxyl groups is 1. The molecule has 0 amide bonds. The van der Waals surface area contributed by atoms with Crippen molar-refractivity contribution in [3.63, 3.8) is 0 Å². The highest BCUT2D eigenvalue weighted by molar-refractivity contribution is 6.09. The lowest BCUT2D eigenvalue weighted by Crippen LogP contribution is -2.14. The van der Waals surface area contributed by atoms with Gasteiger partial charge in [-0.3, -0.25) is 4.79 Å². The van der Waals surface area contributed by atoms with Crippen LogP contribution in [0.25, 0.3) is 11.0 Å². The van der Waals surface area contributed by atoms with Crippen LogP contribution in [-0.4, -0.2) is 18.0 Å². The van der Waals surface area contributed by atoms with Gasteiger partial charge >= 0.3 is 5.63 Å². The van der Waals surface area contributed by atoms with E-state index < -0.39 is 5.63 Å². The summed E-state index contributed by atoms with van der Waals surface area (Å²) in [6.07, 6.45) is 3.74. The van der Waals surface area contributed by atoms with Crippen molar-refractivity contribution in [2.24, 2.45) is 0 Å². The number of hydrogen-bond donors (Lipinski definition) is 1. The molecule has 148 valence electrons. The third kappa shape index (κ3) is 6.63. The fraction of sp³-hybridized carbons (Fsp3) is 0.250. The molecule has 0 saturated carbocycles. The zero-order chi connectivity index (χ0) is 20.9. The van der Waals surface area contributed by atoms with Gasteiger partial charge in [-0.1, -0.05) is 74.9 Å². The number of allylic oxidation sites excluding steroid dienone is 2. The van der Waals surface area contributed by atoms with Crippen LogP contribution in [0.2, 0.25) is 0 Å². The summed E-state index contributed by atoms with van der Waals surface area (Å²) in [6, 6.07) is 18.6. The maximum absolute atomic E-state index is 12.5. The Balaban J connectivity index is 0.000000717. The largest absolute Gasteiger partial charge is 0.422 e. The summed E-state index contributed by atoms with van der Waals surface area (Å²) in [6.45, 7) is 5.97. The maximum Gasteiger partial charge on any atom is 0.347 e. The van der Waals surface area contributed by atoms with E-state index in [1.54, 1.807) is 25.1 Å². The first kappa shape index (κ1) is 23.1. The fourth-order valence-corrected chi connectivity index (χ4v) is 2.41. The van der Waals surface area contributed by atoms with Gasteiger partial charge in [-0.05, 0) is 36.6 Å². The standard InChI is InChI=1S/C20H16O3.C3H8.CH4O/c1-14(11-12-15-7-3-2-4-8-15)19(21)17-13-16-9-5-6-10-18(16)23-20(17)22;1-3-2;1-2/h2-11,13H,12H2,1H3;3H2,1-2H3;2H,1H3/b14-11+;;. The minimum atomic E-state index is -0.596. The van der Waals surface area contributed by atoms with Crippen molar-refractivity contribution in [1.82, 2.24) is 0 Å². The average Bonchev–Trinajstić information content (AvgIpc) is 2.74. The molecule has 28 heavy (non-hydrogen) atoms. The van der Waals surface area contributed by atoms with Crippen molar-refractivity contribution in [2.45, 2.75) is 33.6 Å². The molecule has 0 aliphatic rings. The van der Waals surface area contributed by atoms with Crippen molar-refractivity contribution in [3.8, 4) is 0 Å². The number of carbonyl (C=O) groups excluding carboxylic acids is 1. The number of ketones is 1. The predicted molar refractivity (Wildman–Crippen MR) is 115 cm³/mol. The number of hydrogen-bond acceptors (Lipinski definition) is 4. The van der Waals surface area contributed by atoms with Gasteiger partial charge < -0.3 is 9.52 Å². The predicted octanol–water partition coefficient (Wildman–Crippen LogP) is 5.19. The van der Waals surface area contributed by atoms with Crippen LogP contribution in [0.4, 0.5) is 0 Å². The Kier molecular flexibility index (Phi) is 10.2. The normalized spacial score (nSPS) is 10.4. The van der Waals surface area contributed by atoms with Crippen molar-refractivity contribution < 1.29 is 14.3 Å². The van der Waals surface area contributed by atoms with Crippen LogP contribution in [0.3, 0.4) is 0 Å². The molecular weight excluding hydrogens is 352 g/mol. The topological polar surface area (TPSA) is 67.5 Å². The Morgan fingerprint density at radius 2 is 1.57 bits per heavy atom. The van der Waals surface area contributed by atoms with Gasteiger partial charge in [-0.25, -0.2) is 4.79 Å². The number of fused-ring (bicyclic) bond motifs is 1. The van der Waals surface area contributed by atoms with E-state index in [-0.39, 0.29) is 11.3 Å². The number of Topliss-reactive ketones (excluding diaryl/α,β-unsaturated/α-hetero) is 1. The third-order valence-corrected chi connectivity index (χ3v) is 3.73. The van der Waals surface area contributed by atoms with Gasteiger partial charge in [0.05, 0.1) is 0 Å². The van der Waals surface area contributed by atoms with E-state index in [1.807, 2.05) is 48.5 Å². The van der Waals surface area contributed by atoms with Crippen molar-refractivity contribution in [2.75, 3.05) is 7.11 Å². The zero-order valence-electron chi connectivity index (χ0n) is 16.9.